The van der Waals surface area contributed by atoms with Crippen LogP contribution in [0.3, 0.4) is 0 Å². The van der Waals surface area contributed by atoms with Gasteiger partial charge in [-0.15, -0.1) is 0 Å². The molecule has 110 valence electrons. The second kappa shape index (κ2) is 8.43. The van der Waals surface area contributed by atoms with Crippen molar-refractivity contribution in [1.82, 2.24) is 4.90 Å². The van der Waals surface area contributed by atoms with E-state index in [1.54, 1.807) is 31.3 Å². The smallest absolute Gasteiger partial charge is 0.303 e. The Kier molecular flexibility index (Phi) is 6.87. The highest BCUT2D eigenvalue weighted by atomic mass is 35.5. The Labute approximate surface area is 123 Å². The average Bonchev–Trinajstić information content (AvgIpc) is 2.38. The maximum atomic E-state index is 11.7. The van der Waals surface area contributed by atoms with Gasteiger partial charge in [0.25, 0.3) is 0 Å². The van der Waals surface area contributed by atoms with Crippen molar-refractivity contribution in [2.24, 2.45) is 0 Å². The van der Waals surface area contributed by atoms with Crippen LogP contribution in [0.5, 0.6) is 5.75 Å². The van der Waals surface area contributed by atoms with Gasteiger partial charge >= 0.3 is 5.97 Å². The maximum Gasteiger partial charge on any atom is 0.303 e. The van der Waals surface area contributed by atoms with Gasteiger partial charge < -0.3 is 14.7 Å². The molecule has 1 aromatic carbocycles. The average molecular weight is 300 g/mol. The van der Waals surface area contributed by atoms with Gasteiger partial charge in [0.1, 0.15) is 12.4 Å². The minimum absolute atomic E-state index is 0.0125. The topological polar surface area (TPSA) is 66.8 Å². The Bertz CT molecular complexity index is 464. The standard InChI is InChI=1S/C14H18ClNO4/c1-16(13(17)6-3-7-14(18)19)8-9-20-12-5-2-4-11(15)10-12/h2,4-5,10H,3,6-9H2,1H3,(H,18,19). The van der Waals surface area contributed by atoms with Crippen LogP contribution in [-0.2, 0) is 9.59 Å². The number of carboxylic acid groups (broad SMARTS) is 1. The molecule has 5 nitrogen and oxygen atoms in total. The van der Waals surface area contributed by atoms with E-state index in [0.29, 0.717) is 30.3 Å². The van der Waals surface area contributed by atoms with Crippen molar-refractivity contribution in [3.8, 4) is 5.75 Å². The van der Waals surface area contributed by atoms with Gasteiger partial charge in [-0.1, -0.05) is 17.7 Å². The van der Waals surface area contributed by atoms with E-state index in [4.69, 9.17) is 21.4 Å². The Hall–Kier alpha value is -1.75. The number of carbonyl (C=O) groups excluding carboxylic acids is 1. The molecule has 6 heteroatoms. The molecular formula is C14H18ClNO4. The molecule has 0 heterocycles. The summed E-state index contributed by atoms with van der Waals surface area (Å²) in [6, 6.07) is 7.04. The predicted molar refractivity (Wildman–Crippen MR) is 76.1 cm³/mol. The summed E-state index contributed by atoms with van der Waals surface area (Å²) in [5.74, 6) is -0.310. The summed E-state index contributed by atoms with van der Waals surface area (Å²) in [6.07, 6.45) is 0.603. The molecular weight excluding hydrogens is 282 g/mol. The Morgan fingerprint density at radius 1 is 1.35 bits per heavy atom. The largest absolute Gasteiger partial charge is 0.492 e. The first-order chi connectivity index (χ1) is 9.49. The van der Waals surface area contributed by atoms with Gasteiger partial charge in [0.05, 0.1) is 6.54 Å². The van der Waals surface area contributed by atoms with Crippen LogP contribution in [0.1, 0.15) is 19.3 Å². The van der Waals surface area contributed by atoms with E-state index in [1.165, 1.54) is 4.90 Å². The minimum atomic E-state index is -0.884. The Balaban J connectivity index is 2.23. The summed E-state index contributed by atoms with van der Waals surface area (Å²) in [4.78, 5) is 23.6. The van der Waals surface area contributed by atoms with Crippen molar-refractivity contribution in [3.05, 3.63) is 29.3 Å². The quantitative estimate of drug-likeness (QED) is 0.800. The Morgan fingerprint density at radius 2 is 2.10 bits per heavy atom. The molecule has 1 amide bonds. The van der Waals surface area contributed by atoms with Gasteiger partial charge in [-0.05, 0) is 24.6 Å². The Morgan fingerprint density at radius 3 is 2.75 bits per heavy atom. The molecule has 0 aromatic heterocycles. The molecule has 0 radical (unpaired) electrons. The third-order valence-electron chi connectivity index (χ3n) is 2.70. The van der Waals surface area contributed by atoms with Crippen molar-refractivity contribution < 1.29 is 19.4 Å². The molecule has 0 atom stereocenters. The molecule has 0 aliphatic rings. The van der Waals surface area contributed by atoms with Crippen LogP contribution in [0.25, 0.3) is 0 Å². The number of benzene rings is 1. The number of hydrogen-bond acceptors (Lipinski definition) is 3. The summed E-state index contributed by atoms with van der Waals surface area (Å²) in [5, 5.41) is 9.10. The monoisotopic (exact) mass is 299 g/mol. The van der Waals surface area contributed by atoms with Crippen molar-refractivity contribution >= 4 is 23.5 Å². The predicted octanol–water partition coefficient (Wildman–Crippen LogP) is 2.43. The molecule has 1 aromatic rings. The van der Waals surface area contributed by atoms with Gasteiger partial charge in [-0.25, -0.2) is 0 Å². The normalized spacial score (nSPS) is 10.1. The molecule has 1 N–H and O–H groups in total. The molecule has 0 aliphatic heterocycles. The number of rotatable bonds is 8. The molecule has 0 aliphatic carbocycles. The highest BCUT2D eigenvalue weighted by Crippen LogP contribution is 2.16. The number of nitrogens with zero attached hydrogens (tertiary/aromatic N) is 1. The second-order valence-electron chi connectivity index (χ2n) is 4.37. The van der Waals surface area contributed by atoms with Gasteiger partial charge in [0, 0.05) is 24.9 Å². The number of hydrogen-bond donors (Lipinski definition) is 1. The molecule has 0 unspecified atom stereocenters. The molecule has 1 rings (SSSR count). The second-order valence-corrected chi connectivity index (χ2v) is 4.80. The molecule has 0 saturated heterocycles. The lowest BCUT2D eigenvalue weighted by molar-refractivity contribution is -0.137. The fourth-order valence-electron chi connectivity index (χ4n) is 1.56. The van der Waals surface area contributed by atoms with E-state index >= 15 is 0 Å². The van der Waals surface area contributed by atoms with Gasteiger partial charge in [-0.2, -0.15) is 0 Å². The molecule has 0 bridgehead atoms. The fourth-order valence-corrected chi connectivity index (χ4v) is 1.74. The first-order valence-corrected chi connectivity index (χ1v) is 6.71. The van der Waals surface area contributed by atoms with E-state index in [9.17, 15) is 9.59 Å². The highest BCUT2D eigenvalue weighted by Gasteiger charge is 2.09. The number of carboxylic acids is 1. The SMILES string of the molecule is CN(CCOc1cccc(Cl)c1)C(=O)CCCC(=O)O. The maximum absolute atomic E-state index is 11.7. The van der Waals surface area contributed by atoms with Crippen molar-refractivity contribution in [2.75, 3.05) is 20.2 Å². The lowest BCUT2D eigenvalue weighted by Crippen LogP contribution is -2.30. The van der Waals surface area contributed by atoms with Crippen LogP contribution in [0.2, 0.25) is 5.02 Å². The van der Waals surface area contributed by atoms with E-state index in [-0.39, 0.29) is 18.7 Å². The van der Waals surface area contributed by atoms with Gasteiger partial charge in [-0.3, -0.25) is 9.59 Å². The third kappa shape index (κ3) is 6.43. The number of carbonyl (C=O) groups is 2. The molecule has 0 spiro atoms. The molecule has 20 heavy (non-hydrogen) atoms. The highest BCUT2D eigenvalue weighted by molar-refractivity contribution is 6.30. The van der Waals surface area contributed by atoms with Crippen LogP contribution in [0.15, 0.2) is 24.3 Å². The first-order valence-electron chi connectivity index (χ1n) is 6.33. The summed E-state index contributed by atoms with van der Waals surface area (Å²) in [6.45, 7) is 0.805. The molecule has 0 saturated carbocycles. The van der Waals surface area contributed by atoms with Crippen molar-refractivity contribution in [1.29, 1.82) is 0 Å². The van der Waals surface area contributed by atoms with E-state index < -0.39 is 5.97 Å². The lowest BCUT2D eigenvalue weighted by Gasteiger charge is -2.17. The zero-order valence-electron chi connectivity index (χ0n) is 11.3. The van der Waals surface area contributed by atoms with Crippen LogP contribution in [-0.4, -0.2) is 42.1 Å². The minimum Gasteiger partial charge on any atom is -0.492 e. The van der Waals surface area contributed by atoms with Gasteiger partial charge in [0.15, 0.2) is 0 Å². The number of halogens is 1. The third-order valence-corrected chi connectivity index (χ3v) is 2.93. The summed E-state index contributed by atoms with van der Waals surface area (Å²) in [7, 11) is 1.67. The zero-order chi connectivity index (χ0) is 15.0. The summed E-state index contributed by atoms with van der Waals surface area (Å²) < 4.78 is 5.48. The number of aliphatic carboxylic acids is 1. The van der Waals surface area contributed by atoms with Gasteiger partial charge in [0.2, 0.25) is 5.91 Å². The fraction of sp³-hybridized carbons (Fsp3) is 0.429. The molecule has 0 fully saturated rings. The van der Waals surface area contributed by atoms with Crippen LogP contribution in [0, 0.1) is 0 Å². The van der Waals surface area contributed by atoms with E-state index in [0.717, 1.165) is 0 Å². The summed E-state index contributed by atoms with van der Waals surface area (Å²) >= 11 is 5.83. The lowest BCUT2D eigenvalue weighted by atomic mass is 10.2. The zero-order valence-corrected chi connectivity index (χ0v) is 12.1. The van der Waals surface area contributed by atoms with E-state index in [2.05, 4.69) is 0 Å². The van der Waals surface area contributed by atoms with Crippen molar-refractivity contribution in [2.45, 2.75) is 19.3 Å². The van der Waals surface area contributed by atoms with Crippen LogP contribution < -0.4 is 4.74 Å². The van der Waals surface area contributed by atoms with Crippen molar-refractivity contribution in [3.63, 3.8) is 0 Å². The van der Waals surface area contributed by atoms with E-state index in [1.807, 2.05) is 0 Å². The van der Waals surface area contributed by atoms with Crippen LogP contribution >= 0.6 is 11.6 Å². The number of likely N-dealkylation sites (N-methyl/N-ethyl adjacent to an activating group) is 1. The van der Waals surface area contributed by atoms with Crippen LogP contribution in [0.4, 0.5) is 0 Å². The number of ether oxygens (including phenoxy) is 1. The number of amides is 1. The summed E-state index contributed by atoms with van der Waals surface area (Å²) in [5.41, 5.74) is 0. The first kappa shape index (κ1) is 16.3.